The van der Waals surface area contributed by atoms with Gasteiger partial charge in [-0.3, -0.25) is 20.2 Å². The second kappa shape index (κ2) is 11.1. The third kappa shape index (κ3) is 5.39. The number of nitro benzene ring substituents is 2. The lowest BCUT2D eigenvalue weighted by atomic mass is 10.0. The summed E-state index contributed by atoms with van der Waals surface area (Å²) in [6.45, 7) is 1.10. The largest absolute Gasteiger partial charge is 0.491 e. The van der Waals surface area contributed by atoms with E-state index in [0.29, 0.717) is 31.8 Å². The van der Waals surface area contributed by atoms with Gasteiger partial charge in [-0.2, -0.15) is 0 Å². The molecule has 3 aromatic carbocycles. The Balaban J connectivity index is 1.49. The van der Waals surface area contributed by atoms with Crippen molar-refractivity contribution < 1.29 is 24.1 Å². The molecular formula is C26H23Cl2N3O7. The van der Waals surface area contributed by atoms with E-state index in [1.165, 1.54) is 24.3 Å². The minimum Gasteiger partial charge on any atom is -0.491 e. The molecule has 2 heterocycles. The van der Waals surface area contributed by atoms with Crippen LogP contribution in [0.4, 0.5) is 17.1 Å². The van der Waals surface area contributed by atoms with Gasteiger partial charge in [0.05, 0.1) is 28.5 Å². The highest BCUT2D eigenvalue weighted by atomic mass is 35.5. The van der Waals surface area contributed by atoms with Crippen LogP contribution in [0.2, 0.25) is 10.0 Å². The van der Waals surface area contributed by atoms with Crippen molar-refractivity contribution in [2.24, 2.45) is 0 Å². The molecule has 3 atom stereocenters. The van der Waals surface area contributed by atoms with Gasteiger partial charge >= 0.3 is 0 Å². The Kier molecular flexibility index (Phi) is 7.66. The topological polar surface area (TPSA) is 117 Å². The SMILES string of the molecule is O=[N+]([O-])c1cc([C@H]2CC[C@H](c3ccc(Cl)c([N+](=O)[O-])c3)N2c2ccc(OCC3COCO3)cc2)ccc1Cl. The van der Waals surface area contributed by atoms with Gasteiger partial charge in [0.15, 0.2) is 0 Å². The van der Waals surface area contributed by atoms with Crippen LogP contribution in [0.1, 0.15) is 36.1 Å². The monoisotopic (exact) mass is 559 g/mol. The van der Waals surface area contributed by atoms with E-state index < -0.39 is 9.85 Å². The molecule has 3 aromatic rings. The lowest BCUT2D eigenvalue weighted by Gasteiger charge is -2.33. The highest BCUT2D eigenvalue weighted by molar-refractivity contribution is 6.33. The molecule has 0 bridgehead atoms. The molecule has 12 heteroatoms. The van der Waals surface area contributed by atoms with Crippen molar-refractivity contribution >= 4 is 40.3 Å². The van der Waals surface area contributed by atoms with Gasteiger partial charge in [0.2, 0.25) is 0 Å². The molecule has 38 heavy (non-hydrogen) atoms. The fraction of sp³-hybridized carbons (Fsp3) is 0.308. The average Bonchev–Trinajstić information content (AvgIpc) is 3.58. The molecule has 0 spiro atoms. The summed E-state index contributed by atoms with van der Waals surface area (Å²) >= 11 is 12.1. The molecule has 2 aliphatic heterocycles. The van der Waals surface area contributed by atoms with Crippen molar-refractivity contribution in [3.05, 3.63) is 102 Å². The molecule has 10 nitrogen and oxygen atoms in total. The highest BCUT2D eigenvalue weighted by Crippen LogP contribution is 2.48. The van der Waals surface area contributed by atoms with Crippen molar-refractivity contribution in [2.45, 2.75) is 31.0 Å². The maximum Gasteiger partial charge on any atom is 0.288 e. The van der Waals surface area contributed by atoms with Crippen LogP contribution in [-0.2, 0) is 9.47 Å². The van der Waals surface area contributed by atoms with Crippen LogP contribution < -0.4 is 9.64 Å². The molecule has 0 radical (unpaired) electrons. The minimum atomic E-state index is -0.504. The van der Waals surface area contributed by atoms with Gasteiger partial charge < -0.3 is 19.1 Å². The Hall–Kier alpha value is -3.44. The summed E-state index contributed by atoms with van der Waals surface area (Å²) in [5.74, 6) is 0.654. The standard InChI is InChI=1S/C26H23Cl2N3O7/c27-21-7-1-16(11-25(21)30(32)33)23-9-10-24(17-2-8-22(28)26(12-17)31(34)35)29(23)18-3-5-19(6-4-18)37-14-20-13-36-15-38-20/h1-8,11-12,20,23-24H,9-10,13-15H2/t20?,23-,24-/m1/s1. The zero-order valence-electron chi connectivity index (χ0n) is 20.0. The van der Waals surface area contributed by atoms with Crippen LogP contribution in [0, 0.1) is 20.2 Å². The summed E-state index contributed by atoms with van der Waals surface area (Å²) in [6.07, 6.45) is 1.21. The number of anilines is 1. The van der Waals surface area contributed by atoms with Gasteiger partial charge in [-0.15, -0.1) is 0 Å². The summed E-state index contributed by atoms with van der Waals surface area (Å²) in [5.41, 5.74) is 1.95. The molecule has 5 rings (SSSR count). The summed E-state index contributed by atoms with van der Waals surface area (Å²) < 4.78 is 16.4. The van der Waals surface area contributed by atoms with Crippen molar-refractivity contribution in [3.63, 3.8) is 0 Å². The first-order chi connectivity index (χ1) is 18.3. The smallest absolute Gasteiger partial charge is 0.288 e. The molecule has 0 amide bonds. The number of benzene rings is 3. The molecule has 198 valence electrons. The number of nitrogens with zero attached hydrogens (tertiary/aromatic N) is 3. The zero-order valence-corrected chi connectivity index (χ0v) is 21.5. The van der Waals surface area contributed by atoms with E-state index in [1.807, 2.05) is 24.3 Å². The summed E-state index contributed by atoms with van der Waals surface area (Å²) in [5, 5.41) is 23.2. The number of hydrogen-bond acceptors (Lipinski definition) is 8. The Bertz CT molecular complexity index is 1280. The van der Waals surface area contributed by atoms with Crippen LogP contribution in [0.3, 0.4) is 0 Å². The fourth-order valence-electron chi connectivity index (χ4n) is 4.95. The third-order valence-electron chi connectivity index (χ3n) is 6.75. The summed E-state index contributed by atoms with van der Waals surface area (Å²) in [6, 6.07) is 16.6. The van der Waals surface area contributed by atoms with Gasteiger partial charge in [0.1, 0.15) is 35.3 Å². The summed E-state index contributed by atoms with van der Waals surface area (Å²) in [7, 11) is 0. The van der Waals surface area contributed by atoms with E-state index in [1.54, 1.807) is 12.1 Å². The van der Waals surface area contributed by atoms with Crippen LogP contribution in [0.25, 0.3) is 0 Å². The first-order valence-electron chi connectivity index (χ1n) is 11.9. The molecule has 2 fully saturated rings. The van der Waals surface area contributed by atoms with Crippen LogP contribution in [0.15, 0.2) is 60.7 Å². The second-order valence-corrected chi connectivity index (χ2v) is 9.85. The number of rotatable bonds is 8. The first kappa shape index (κ1) is 26.2. The molecule has 0 aliphatic carbocycles. The molecular weight excluding hydrogens is 537 g/mol. The van der Waals surface area contributed by atoms with Crippen molar-refractivity contribution in [3.8, 4) is 5.75 Å². The third-order valence-corrected chi connectivity index (χ3v) is 7.39. The molecule has 0 N–H and O–H groups in total. The highest BCUT2D eigenvalue weighted by Gasteiger charge is 2.37. The maximum absolute atomic E-state index is 11.6. The minimum absolute atomic E-state index is 0.0614. The zero-order chi connectivity index (χ0) is 26.8. The van der Waals surface area contributed by atoms with Gasteiger partial charge in [0, 0.05) is 17.8 Å². The molecule has 0 saturated carbocycles. The van der Waals surface area contributed by atoms with E-state index >= 15 is 0 Å². The lowest BCUT2D eigenvalue weighted by Crippen LogP contribution is -2.26. The molecule has 2 aliphatic rings. The first-order valence-corrected chi connectivity index (χ1v) is 12.7. The van der Waals surface area contributed by atoms with Gasteiger partial charge in [-0.25, -0.2) is 0 Å². The second-order valence-electron chi connectivity index (χ2n) is 9.03. The fourth-order valence-corrected chi connectivity index (χ4v) is 5.32. The van der Waals surface area contributed by atoms with Crippen LogP contribution >= 0.6 is 23.2 Å². The Morgan fingerprint density at radius 3 is 1.89 bits per heavy atom. The normalized spacial score (nSPS) is 21.0. The van der Waals surface area contributed by atoms with Gasteiger partial charge in [0.25, 0.3) is 11.4 Å². The summed E-state index contributed by atoms with van der Waals surface area (Å²) in [4.78, 5) is 24.2. The van der Waals surface area contributed by atoms with Crippen LogP contribution in [-0.4, -0.2) is 36.0 Å². The average molecular weight is 560 g/mol. The Morgan fingerprint density at radius 2 is 1.42 bits per heavy atom. The Morgan fingerprint density at radius 1 is 0.868 bits per heavy atom. The van der Waals surface area contributed by atoms with Crippen molar-refractivity contribution in [1.29, 1.82) is 0 Å². The van der Waals surface area contributed by atoms with E-state index in [4.69, 9.17) is 37.4 Å². The molecule has 2 saturated heterocycles. The van der Waals surface area contributed by atoms with E-state index in [-0.39, 0.29) is 46.4 Å². The van der Waals surface area contributed by atoms with E-state index in [0.717, 1.165) is 16.8 Å². The van der Waals surface area contributed by atoms with Crippen molar-refractivity contribution in [1.82, 2.24) is 0 Å². The number of hydrogen-bond donors (Lipinski definition) is 0. The van der Waals surface area contributed by atoms with Gasteiger partial charge in [-0.1, -0.05) is 35.3 Å². The van der Waals surface area contributed by atoms with E-state index in [9.17, 15) is 20.2 Å². The quantitative estimate of drug-likeness (QED) is 0.222. The molecule has 0 aromatic heterocycles. The number of halogens is 2. The van der Waals surface area contributed by atoms with E-state index in [2.05, 4.69) is 4.90 Å². The maximum atomic E-state index is 11.6. The number of ether oxygens (including phenoxy) is 3. The van der Waals surface area contributed by atoms with Crippen molar-refractivity contribution in [2.75, 3.05) is 24.9 Å². The predicted octanol–water partition coefficient (Wildman–Crippen LogP) is 6.64. The molecule has 1 unspecified atom stereocenters. The van der Waals surface area contributed by atoms with Gasteiger partial charge in [-0.05, 0) is 60.4 Å². The lowest BCUT2D eigenvalue weighted by molar-refractivity contribution is -0.384. The predicted molar refractivity (Wildman–Crippen MR) is 141 cm³/mol. The number of nitro groups is 2. The van der Waals surface area contributed by atoms with Crippen LogP contribution in [0.5, 0.6) is 5.75 Å². The Labute approximate surface area is 227 Å².